The molecule has 1 aliphatic carbocycles. The molecular weight excluding hydrogens is 268 g/mol. The smallest absolute Gasteiger partial charge is 0.0762 e. The summed E-state index contributed by atoms with van der Waals surface area (Å²) in [7, 11) is 4.26. The van der Waals surface area contributed by atoms with Crippen molar-refractivity contribution in [2.75, 3.05) is 20.6 Å². The summed E-state index contributed by atoms with van der Waals surface area (Å²) in [5, 5.41) is 12.5. The molecule has 1 atom stereocenters. The van der Waals surface area contributed by atoms with Crippen molar-refractivity contribution in [1.29, 1.82) is 0 Å². The average Bonchev–Trinajstić information content (AvgIpc) is 2.95. The molecule has 0 aliphatic heterocycles. The number of hydrogen-bond donors (Lipinski definition) is 1. The van der Waals surface area contributed by atoms with Crippen molar-refractivity contribution >= 4 is 11.3 Å². The highest BCUT2D eigenvalue weighted by Crippen LogP contribution is 2.33. The number of rotatable bonds is 7. The Hall–Kier alpha value is -1.17. The van der Waals surface area contributed by atoms with Gasteiger partial charge in [0.25, 0.3) is 0 Å². The van der Waals surface area contributed by atoms with Crippen LogP contribution in [0.3, 0.4) is 0 Å². The Kier molecular flexibility index (Phi) is 4.19. The molecule has 1 saturated carbocycles. The van der Waals surface area contributed by atoms with Gasteiger partial charge in [-0.3, -0.25) is 4.68 Å². The molecule has 1 fully saturated rings. The lowest BCUT2D eigenvalue weighted by Crippen LogP contribution is -2.30. The van der Waals surface area contributed by atoms with E-state index in [-0.39, 0.29) is 0 Å². The molecule has 0 amide bonds. The zero-order chi connectivity index (χ0) is 13.9. The average molecular weight is 290 g/mol. The molecule has 0 bridgehead atoms. The summed E-state index contributed by atoms with van der Waals surface area (Å²) >= 11 is 1.76. The predicted molar refractivity (Wildman–Crippen MR) is 83.0 cm³/mol. The Bertz CT molecular complexity index is 528. The Balaban J connectivity index is 1.52. The number of hydrogen-bond acceptors (Lipinski definition) is 4. The summed E-state index contributed by atoms with van der Waals surface area (Å²) < 4.78 is 2.11. The van der Waals surface area contributed by atoms with Gasteiger partial charge in [0.05, 0.1) is 11.7 Å². The molecule has 0 spiro atoms. The van der Waals surface area contributed by atoms with E-state index >= 15 is 0 Å². The van der Waals surface area contributed by atoms with Gasteiger partial charge in [-0.25, -0.2) is 0 Å². The van der Waals surface area contributed by atoms with Crippen LogP contribution in [0.25, 0.3) is 0 Å². The molecule has 4 nitrogen and oxygen atoms in total. The van der Waals surface area contributed by atoms with Crippen LogP contribution in [0.1, 0.15) is 36.2 Å². The van der Waals surface area contributed by atoms with Gasteiger partial charge in [-0.2, -0.15) is 16.4 Å². The third kappa shape index (κ3) is 3.29. The van der Waals surface area contributed by atoms with Gasteiger partial charge in [0, 0.05) is 25.3 Å². The van der Waals surface area contributed by atoms with E-state index in [0.29, 0.717) is 12.1 Å². The van der Waals surface area contributed by atoms with Crippen LogP contribution in [0.4, 0.5) is 0 Å². The summed E-state index contributed by atoms with van der Waals surface area (Å²) in [6.07, 6.45) is 4.68. The van der Waals surface area contributed by atoms with Crippen molar-refractivity contribution in [1.82, 2.24) is 20.0 Å². The summed E-state index contributed by atoms with van der Waals surface area (Å²) in [4.78, 5) is 2.26. The topological polar surface area (TPSA) is 33.1 Å². The van der Waals surface area contributed by atoms with Crippen LogP contribution in [0.2, 0.25) is 0 Å². The van der Waals surface area contributed by atoms with Crippen molar-refractivity contribution in [3.05, 3.63) is 40.3 Å². The van der Waals surface area contributed by atoms with Crippen molar-refractivity contribution in [2.45, 2.75) is 31.5 Å². The van der Waals surface area contributed by atoms with E-state index in [1.54, 1.807) is 11.3 Å². The third-order valence-electron chi connectivity index (χ3n) is 3.78. The first kappa shape index (κ1) is 13.8. The molecule has 1 unspecified atom stereocenters. The zero-order valence-electron chi connectivity index (χ0n) is 12.1. The van der Waals surface area contributed by atoms with Gasteiger partial charge < -0.3 is 10.2 Å². The molecule has 2 aromatic rings. The second kappa shape index (κ2) is 6.08. The highest BCUT2D eigenvalue weighted by atomic mass is 32.1. The molecule has 108 valence electrons. The van der Waals surface area contributed by atoms with Gasteiger partial charge in [0.2, 0.25) is 0 Å². The molecule has 0 aromatic carbocycles. The predicted octanol–water partition coefficient (Wildman–Crippen LogP) is 2.67. The molecule has 2 aromatic heterocycles. The van der Waals surface area contributed by atoms with Gasteiger partial charge in [-0.15, -0.1) is 0 Å². The molecule has 1 N–H and O–H groups in total. The number of nitrogens with zero attached hydrogens (tertiary/aromatic N) is 3. The van der Waals surface area contributed by atoms with Crippen molar-refractivity contribution in [3.8, 4) is 0 Å². The monoisotopic (exact) mass is 290 g/mol. The van der Waals surface area contributed by atoms with Crippen LogP contribution in [-0.2, 0) is 6.54 Å². The van der Waals surface area contributed by atoms with Gasteiger partial charge in [0.1, 0.15) is 0 Å². The minimum Gasteiger partial charge on any atom is -0.309 e. The lowest BCUT2D eigenvalue weighted by molar-refractivity contribution is 0.288. The summed E-state index contributed by atoms with van der Waals surface area (Å²) in [5.41, 5.74) is 2.52. The Morgan fingerprint density at radius 1 is 1.45 bits per heavy atom. The van der Waals surface area contributed by atoms with Crippen LogP contribution in [0.5, 0.6) is 0 Å². The highest BCUT2D eigenvalue weighted by molar-refractivity contribution is 7.07. The van der Waals surface area contributed by atoms with E-state index in [2.05, 4.69) is 63.2 Å². The minimum absolute atomic E-state index is 0.423. The van der Waals surface area contributed by atoms with Crippen molar-refractivity contribution < 1.29 is 0 Å². The van der Waals surface area contributed by atoms with Crippen LogP contribution in [0, 0.1) is 0 Å². The van der Waals surface area contributed by atoms with Crippen LogP contribution < -0.4 is 5.32 Å². The molecule has 0 saturated heterocycles. The molecule has 1 aliphatic rings. The molecule has 2 heterocycles. The molecule has 0 radical (unpaired) electrons. The summed E-state index contributed by atoms with van der Waals surface area (Å²) in [6.45, 7) is 1.79. The maximum atomic E-state index is 4.62. The normalized spacial score (nSPS) is 16.8. The van der Waals surface area contributed by atoms with E-state index in [9.17, 15) is 0 Å². The van der Waals surface area contributed by atoms with E-state index in [1.807, 2.05) is 0 Å². The van der Waals surface area contributed by atoms with Gasteiger partial charge >= 0.3 is 0 Å². The van der Waals surface area contributed by atoms with E-state index in [4.69, 9.17) is 0 Å². The van der Waals surface area contributed by atoms with Crippen molar-refractivity contribution in [3.63, 3.8) is 0 Å². The summed E-state index contributed by atoms with van der Waals surface area (Å²) in [6, 6.07) is 5.43. The Morgan fingerprint density at radius 3 is 2.95 bits per heavy atom. The molecule has 3 rings (SSSR count). The first-order valence-corrected chi connectivity index (χ1v) is 8.11. The standard InChI is InChI=1S/C15H22N4S/c1-18(2)15(12-6-8-20-11-12)10-16-9-13-5-7-19(17-13)14-3-4-14/h5-8,11,14-16H,3-4,9-10H2,1-2H3. The number of nitrogens with one attached hydrogen (secondary N) is 1. The fourth-order valence-electron chi connectivity index (χ4n) is 2.41. The van der Waals surface area contributed by atoms with Crippen LogP contribution >= 0.6 is 11.3 Å². The lowest BCUT2D eigenvalue weighted by atomic mass is 10.1. The second-order valence-electron chi connectivity index (χ2n) is 5.69. The van der Waals surface area contributed by atoms with E-state index in [0.717, 1.165) is 18.8 Å². The molecular formula is C15H22N4S. The second-order valence-corrected chi connectivity index (χ2v) is 6.47. The summed E-state index contributed by atoms with van der Waals surface area (Å²) in [5.74, 6) is 0. The fraction of sp³-hybridized carbons (Fsp3) is 0.533. The van der Waals surface area contributed by atoms with Gasteiger partial charge in [-0.1, -0.05) is 0 Å². The highest BCUT2D eigenvalue weighted by Gasteiger charge is 2.24. The SMILES string of the molecule is CN(C)C(CNCc1ccn(C2CC2)n1)c1ccsc1. The van der Waals surface area contributed by atoms with E-state index in [1.165, 1.54) is 18.4 Å². The molecule has 5 heteroatoms. The van der Waals surface area contributed by atoms with Crippen LogP contribution in [-0.4, -0.2) is 35.3 Å². The van der Waals surface area contributed by atoms with E-state index < -0.39 is 0 Å². The fourth-order valence-corrected chi connectivity index (χ4v) is 3.12. The van der Waals surface area contributed by atoms with Gasteiger partial charge in [-0.05, 0) is 55.4 Å². The van der Waals surface area contributed by atoms with Crippen LogP contribution in [0.15, 0.2) is 29.1 Å². The van der Waals surface area contributed by atoms with Crippen molar-refractivity contribution in [2.24, 2.45) is 0 Å². The first-order valence-electron chi connectivity index (χ1n) is 7.17. The third-order valence-corrected chi connectivity index (χ3v) is 4.48. The van der Waals surface area contributed by atoms with Gasteiger partial charge in [0.15, 0.2) is 0 Å². The maximum absolute atomic E-state index is 4.62. The number of likely N-dealkylation sites (N-methyl/N-ethyl adjacent to an activating group) is 1. The molecule has 20 heavy (non-hydrogen) atoms. The first-order chi connectivity index (χ1) is 9.74. The quantitative estimate of drug-likeness (QED) is 0.851. The maximum Gasteiger partial charge on any atom is 0.0762 e. The number of thiophene rings is 1. The Labute approximate surface area is 124 Å². The minimum atomic E-state index is 0.423. The number of aromatic nitrogens is 2. The Morgan fingerprint density at radius 2 is 2.30 bits per heavy atom. The largest absolute Gasteiger partial charge is 0.309 e. The lowest BCUT2D eigenvalue weighted by Gasteiger charge is -2.23. The zero-order valence-corrected chi connectivity index (χ0v) is 12.9.